The number of hydrogen-bond donors (Lipinski definition) is 1. The number of rotatable bonds is 4. The molecule has 21 heavy (non-hydrogen) atoms. The number of carbonyl (C=O) groups is 1. The molecule has 0 bridgehead atoms. The van der Waals surface area contributed by atoms with Gasteiger partial charge in [-0.05, 0) is 43.9 Å². The van der Waals surface area contributed by atoms with E-state index in [9.17, 15) is 4.79 Å². The minimum absolute atomic E-state index is 0.101. The van der Waals surface area contributed by atoms with Crippen LogP contribution in [0.5, 0.6) is 0 Å². The topological polar surface area (TPSA) is 46.9 Å². The number of hydrogen-bond acceptors (Lipinski definition) is 2. The van der Waals surface area contributed by atoms with Gasteiger partial charge in [-0.25, -0.2) is 0 Å². The lowest BCUT2D eigenvalue weighted by Crippen LogP contribution is -2.28. The minimum atomic E-state index is 0.101. The van der Waals surface area contributed by atoms with Crippen LogP contribution in [0, 0.1) is 13.8 Å². The predicted octanol–water partition coefficient (Wildman–Crippen LogP) is 2.69. The first kappa shape index (κ1) is 13.9. The molecule has 1 amide bonds. The summed E-state index contributed by atoms with van der Waals surface area (Å²) in [6, 6.07) is 10.6. The summed E-state index contributed by atoms with van der Waals surface area (Å²) < 4.78 is 1.90. The molecule has 1 aromatic carbocycles. The third-order valence-electron chi connectivity index (χ3n) is 4.12. The van der Waals surface area contributed by atoms with Crippen LogP contribution in [0.15, 0.2) is 30.3 Å². The van der Waals surface area contributed by atoms with Gasteiger partial charge in [-0.3, -0.25) is 9.48 Å². The SMILES string of the molecule is Cc1cc(C)n(CCC(=O)N[C@H]2CCc3ccccc32)n1. The van der Waals surface area contributed by atoms with Crippen LogP contribution in [0.2, 0.25) is 0 Å². The van der Waals surface area contributed by atoms with Crippen LogP contribution in [0.1, 0.15) is 41.4 Å². The van der Waals surface area contributed by atoms with Crippen LogP contribution in [-0.4, -0.2) is 15.7 Å². The van der Waals surface area contributed by atoms with E-state index in [0.717, 1.165) is 24.2 Å². The number of amides is 1. The molecule has 0 fully saturated rings. The van der Waals surface area contributed by atoms with E-state index >= 15 is 0 Å². The van der Waals surface area contributed by atoms with Gasteiger partial charge in [-0.2, -0.15) is 5.10 Å². The molecule has 1 heterocycles. The average Bonchev–Trinajstić information content (AvgIpc) is 3.00. The smallest absolute Gasteiger partial charge is 0.222 e. The van der Waals surface area contributed by atoms with Gasteiger partial charge in [0.2, 0.25) is 5.91 Å². The highest BCUT2D eigenvalue weighted by atomic mass is 16.1. The van der Waals surface area contributed by atoms with E-state index in [-0.39, 0.29) is 11.9 Å². The Hall–Kier alpha value is -2.10. The molecule has 1 aliphatic rings. The molecule has 0 aliphatic heterocycles. The van der Waals surface area contributed by atoms with Crippen molar-refractivity contribution in [3.05, 3.63) is 52.8 Å². The molecule has 0 spiro atoms. The Bertz CT molecular complexity index is 660. The van der Waals surface area contributed by atoms with E-state index in [1.807, 2.05) is 30.7 Å². The molecule has 1 atom stereocenters. The summed E-state index contributed by atoms with van der Waals surface area (Å²) >= 11 is 0. The molecule has 1 N–H and O–H groups in total. The summed E-state index contributed by atoms with van der Waals surface area (Å²) in [5.74, 6) is 0.101. The summed E-state index contributed by atoms with van der Waals surface area (Å²) in [7, 11) is 0. The van der Waals surface area contributed by atoms with Crippen LogP contribution in [0.3, 0.4) is 0 Å². The van der Waals surface area contributed by atoms with Crippen LogP contribution in [-0.2, 0) is 17.8 Å². The molecular weight excluding hydrogens is 262 g/mol. The van der Waals surface area contributed by atoms with Gasteiger partial charge in [0.25, 0.3) is 0 Å². The number of nitrogens with zero attached hydrogens (tertiary/aromatic N) is 2. The number of nitrogens with one attached hydrogen (secondary N) is 1. The van der Waals surface area contributed by atoms with E-state index in [1.165, 1.54) is 11.1 Å². The van der Waals surface area contributed by atoms with E-state index in [0.29, 0.717) is 13.0 Å². The Labute approximate surface area is 125 Å². The normalized spacial score (nSPS) is 16.8. The summed E-state index contributed by atoms with van der Waals surface area (Å²) in [6.45, 7) is 4.63. The summed E-state index contributed by atoms with van der Waals surface area (Å²) in [4.78, 5) is 12.1. The number of benzene rings is 1. The van der Waals surface area contributed by atoms with Crippen molar-refractivity contribution >= 4 is 5.91 Å². The van der Waals surface area contributed by atoms with Crippen LogP contribution >= 0.6 is 0 Å². The van der Waals surface area contributed by atoms with Crippen LogP contribution in [0.25, 0.3) is 0 Å². The molecule has 0 saturated carbocycles. The summed E-state index contributed by atoms with van der Waals surface area (Å²) in [5.41, 5.74) is 4.74. The van der Waals surface area contributed by atoms with Crippen molar-refractivity contribution in [3.8, 4) is 0 Å². The zero-order valence-electron chi connectivity index (χ0n) is 12.6. The van der Waals surface area contributed by atoms with Crippen LogP contribution < -0.4 is 5.32 Å². The predicted molar refractivity (Wildman–Crippen MR) is 82.0 cm³/mol. The second-order valence-corrected chi connectivity index (χ2v) is 5.76. The van der Waals surface area contributed by atoms with Crippen molar-refractivity contribution in [2.75, 3.05) is 0 Å². The van der Waals surface area contributed by atoms with Crippen molar-refractivity contribution in [3.63, 3.8) is 0 Å². The number of carbonyl (C=O) groups excluding carboxylic acids is 1. The van der Waals surface area contributed by atoms with Gasteiger partial charge in [0.05, 0.1) is 11.7 Å². The molecule has 3 rings (SSSR count). The number of aromatic nitrogens is 2. The Morgan fingerprint density at radius 1 is 1.38 bits per heavy atom. The zero-order valence-corrected chi connectivity index (χ0v) is 12.6. The van der Waals surface area contributed by atoms with Crippen molar-refractivity contribution in [2.45, 2.75) is 45.7 Å². The lowest BCUT2D eigenvalue weighted by Gasteiger charge is -2.14. The number of aryl methyl sites for hydroxylation is 4. The molecular formula is C17H21N3O. The van der Waals surface area contributed by atoms with Crippen molar-refractivity contribution < 1.29 is 4.79 Å². The second-order valence-electron chi connectivity index (χ2n) is 5.76. The Morgan fingerprint density at radius 2 is 2.19 bits per heavy atom. The first-order valence-electron chi connectivity index (χ1n) is 7.51. The van der Waals surface area contributed by atoms with E-state index in [4.69, 9.17) is 0 Å². The van der Waals surface area contributed by atoms with Gasteiger partial charge in [0.1, 0.15) is 0 Å². The highest BCUT2D eigenvalue weighted by Gasteiger charge is 2.23. The molecule has 0 saturated heterocycles. The van der Waals surface area contributed by atoms with E-state index in [1.54, 1.807) is 0 Å². The fourth-order valence-corrected chi connectivity index (χ4v) is 3.08. The molecule has 0 radical (unpaired) electrons. The highest BCUT2D eigenvalue weighted by Crippen LogP contribution is 2.30. The minimum Gasteiger partial charge on any atom is -0.349 e. The van der Waals surface area contributed by atoms with Gasteiger partial charge in [0.15, 0.2) is 0 Å². The average molecular weight is 283 g/mol. The maximum Gasteiger partial charge on any atom is 0.222 e. The fraction of sp³-hybridized carbons (Fsp3) is 0.412. The number of fused-ring (bicyclic) bond motifs is 1. The third kappa shape index (κ3) is 2.99. The van der Waals surface area contributed by atoms with Crippen molar-refractivity contribution in [1.29, 1.82) is 0 Å². The molecule has 0 unspecified atom stereocenters. The van der Waals surface area contributed by atoms with Crippen molar-refractivity contribution in [1.82, 2.24) is 15.1 Å². The largest absolute Gasteiger partial charge is 0.349 e. The fourth-order valence-electron chi connectivity index (χ4n) is 3.08. The Kier molecular flexibility index (Phi) is 3.78. The maximum atomic E-state index is 12.1. The molecule has 1 aliphatic carbocycles. The van der Waals surface area contributed by atoms with Gasteiger partial charge >= 0.3 is 0 Å². The van der Waals surface area contributed by atoms with Gasteiger partial charge in [-0.1, -0.05) is 24.3 Å². The Balaban J connectivity index is 1.57. The standard InChI is InChI=1S/C17H21N3O/c1-12-11-13(2)20(19-12)10-9-17(21)18-16-8-7-14-5-3-4-6-15(14)16/h3-6,11,16H,7-10H2,1-2H3,(H,18,21)/t16-/m0/s1. The van der Waals surface area contributed by atoms with Gasteiger partial charge < -0.3 is 5.32 Å². The molecule has 4 heteroatoms. The molecule has 110 valence electrons. The lowest BCUT2D eigenvalue weighted by molar-refractivity contribution is -0.122. The highest BCUT2D eigenvalue weighted by molar-refractivity contribution is 5.76. The first-order chi connectivity index (χ1) is 10.1. The molecule has 2 aromatic rings. The lowest BCUT2D eigenvalue weighted by atomic mass is 10.1. The first-order valence-corrected chi connectivity index (χ1v) is 7.51. The van der Waals surface area contributed by atoms with E-state index in [2.05, 4.69) is 28.6 Å². The second kappa shape index (κ2) is 5.72. The quantitative estimate of drug-likeness (QED) is 0.937. The summed E-state index contributed by atoms with van der Waals surface area (Å²) in [5, 5.41) is 7.54. The third-order valence-corrected chi connectivity index (χ3v) is 4.12. The molecule has 1 aromatic heterocycles. The monoisotopic (exact) mass is 283 g/mol. The summed E-state index contributed by atoms with van der Waals surface area (Å²) in [6.07, 6.45) is 2.53. The maximum absolute atomic E-state index is 12.1. The van der Waals surface area contributed by atoms with Gasteiger partial charge in [0, 0.05) is 18.7 Å². The zero-order chi connectivity index (χ0) is 14.8. The van der Waals surface area contributed by atoms with Gasteiger partial charge in [-0.15, -0.1) is 0 Å². The van der Waals surface area contributed by atoms with Crippen LogP contribution in [0.4, 0.5) is 0 Å². The van der Waals surface area contributed by atoms with Crippen molar-refractivity contribution in [2.24, 2.45) is 0 Å². The molecule has 4 nitrogen and oxygen atoms in total. The Morgan fingerprint density at radius 3 is 2.95 bits per heavy atom. The van der Waals surface area contributed by atoms with E-state index < -0.39 is 0 Å².